The van der Waals surface area contributed by atoms with Gasteiger partial charge in [-0.15, -0.1) is 0 Å². The van der Waals surface area contributed by atoms with Crippen molar-refractivity contribution in [1.29, 1.82) is 0 Å². The van der Waals surface area contributed by atoms with Crippen LogP contribution in [0.3, 0.4) is 0 Å². The van der Waals surface area contributed by atoms with Gasteiger partial charge in [0.2, 0.25) is 5.91 Å². The molecule has 1 aliphatic rings. The molecule has 0 aliphatic carbocycles. The van der Waals surface area contributed by atoms with Crippen LogP contribution in [0.2, 0.25) is 0 Å². The lowest BCUT2D eigenvalue weighted by Crippen LogP contribution is -2.55. The summed E-state index contributed by atoms with van der Waals surface area (Å²) in [6.07, 6.45) is -0.829. The number of hydrogen-bond donors (Lipinski definition) is 1. The second kappa shape index (κ2) is 5.24. The largest absolute Gasteiger partial charge is 0.334 e. The van der Waals surface area contributed by atoms with Gasteiger partial charge in [0.1, 0.15) is 0 Å². The number of amides is 1. The summed E-state index contributed by atoms with van der Waals surface area (Å²) in [5.41, 5.74) is 0. The number of nitrogens with zero attached hydrogens (tertiary/aromatic N) is 1. The molecule has 0 bridgehead atoms. The number of alkyl halides is 2. The number of halogens is 2. The Balaban J connectivity index is 2.48. The minimum atomic E-state index is -2.43. The van der Waals surface area contributed by atoms with Crippen LogP contribution in [0.4, 0.5) is 8.78 Å². The summed E-state index contributed by atoms with van der Waals surface area (Å²) in [5.74, 6) is -0.182. The third-order valence-electron chi connectivity index (χ3n) is 2.32. The van der Waals surface area contributed by atoms with Gasteiger partial charge in [-0.3, -0.25) is 4.79 Å². The Kier molecular flexibility index (Phi) is 4.25. The first-order valence-corrected chi connectivity index (χ1v) is 4.95. The van der Waals surface area contributed by atoms with E-state index in [2.05, 4.69) is 5.32 Å². The highest BCUT2D eigenvalue weighted by atomic mass is 19.3. The first-order chi connectivity index (χ1) is 6.65. The number of carbonyl (C=O) groups excluding carboxylic acids is 1. The van der Waals surface area contributed by atoms with Gasteiger partial charge in [-0.05, 0) is 6.42 Å². The van der Waals surface area contributed by atoms with Gasteiger partial charge in [0, 0.05) is 13.1 Å². The molecular weight excluding hydrogens is 190 g/mol. The van der Waals surface area contributed by atoms with Gasteiger partial charge in [0.05, 0.1) is 12.6 Å². The quantitative estimate of drug-likeness (QED) is 0.739. The van der Waals surface area contributed by atoms with Gasteiger partial charge in [-0.2, -0.15) is 0 Å². The van der Waals surface area contributed by atoms with E-state index in [0.717, 1.165) is 12.8 Å². The molecule has 82 valence electrons. The van der Waals surface area contributed by atoms with E-state index in [1.54, 1.807) is 0 Å². The highest BCUT2D eigenvalue weighted by Crippen LogP contribution is 2.08. The van der Waals surface area contributed by atoms with Crippen molar-refractivity contribution in [3.63, 3.8) is 0 Å². The van der Waals surface area contributed by atoms with Gasteiger partial charge < -0.3 is 10.2 Å². The van der Waals surface area contributed by atoms with Crippen molar-refractivity contribution in [1.82, 2.24) is 10.2 Å². The average molecular weight is 206 g/mol. The Labute approximate surface area is 82.5 Å². The van der Waals surface area contributed by atoms with Crippen molar-refractivity contribution in [2.24, 2.45) is 0 Å². The van der Waals surface area contributed by atoms with E-state index in [0.29, 0.717) is 13.1 Å². The van der Waals surface area contributed by atoms with Crippen molar-refractivity contribution < 1.29 is 13.6 Å². The summed E-state index contributed by atoms with van der Waals surface area (Å²) in [6.45, 7) is 2.55. The Morgan fingerprint density at radius 3 is 2.93 bits per heavy atom. The molecule has 1 aliphatic heterocycles. The van der Waals surface area contributed by atoms with Crippen molar-refractivity contribution in [2.75, 3.05) is 19.6 Å². The van der Waals surface area contributed by atoms with Gasteiger partial charge >= 0.3 is 0 Å². The van der Waals surface area contributed by atoms with E-state index < -0.39 is 13.0 Å². The predicted octanol–water partition coefficient (Wildman–Crippen LogP) is 0.852. The molecular formula is C9H16F2N2O. The fourth-order valence-electron chi connectivity index (χ4n) is 1.65. The molecule has 5 heteroatoms. The maximum Gasteiger partial charge on any atom is 0.255 e. The zero-order valence-electron chi connectivity index (χ0n) is 8.30. The molecule has 14 heavy (non-hydrogen) atoms. The van der Waals surface area contributed by atoms with Crippen molar-refractivity contribution in [2.45, 2.75) is 32.2 Å². The van der Waals surface area contributed by atoms with Crippen LogP contribution in [-0.4, -0.2) is 42.9 Å². The van der Waals surface area contributed by atoms with Crippen LogP contribution in [0, 0.1) is 0 Å². The molecule has 1 saturated heterocycles. The fourth-order valence-corrected chi connectivity index (χ4v) is 1.65. The lowest BCUT2D eigenvalue weighted by molar-refractivity contribution is -0.137. The Hall–Kier alpha value is -0.710. The lowest BCUT2D eigenvalue weighted by atomic mass is 10.1. The maximum atomic E-state index is 12.1. The minimum absolute atomic E-state index is 0.182. The van der Waals surface area contributed by atoms with E-state index in [4.69, 9.17) is 0 Å². The standard InChI is InChI=1S/C9H16F2N2O/c1-2-3-7-9(14)13(5-4-12-7)6-8(10)11/h7-8,12H,2-6H2,1H3. The van der Waals surface area contributed by atoms with E-state index in [1.165, 1.54) is 4.90 Å². The summed E-state index contributed by atoms with van der Waals surface area (Å²) in [7, 11) is 0. The second-order valence-electron chi connectivity index (χ2n) is 3.47. The predicted molar refractivity (Wildman–Crippen MR) is 49.3 cm³/mol. The first kappa shape index (κ1) is 11.4. The molecule has 1 atom stereocenters. The monoisotopic (exact) mass is 206 g/mol. The van der Waals surface area contributed by atoms with Crippen LogP contribution >= 0.6 is 0 Å². The number of carbonyl (C=O) groups is 1. The highest BCUT2D eigenvalue weighted by Gasteiger charge is 2.28. The van der Waals surface area contributed by atoms with E-state index in [-0.39, 0.29) is 11.9 Å². The van der Waals surface area contributed by atoms with Crippen LogP contribution in [0.25, 0.3) is 0 Å². The molecule has 3 nitrogen and oxygen atoms in total. The molecule has 1 heterocycles. The van der Waals surface area contributed by atoms with Gasteiger partial charge in [-0.1, -0.05) is 13.3 Å². The summed E-state index contributed by atoms with van der Waals surface area (Å²) < 4.78 is 24.2. The van der Waals surface area contributed by atoms with Gasteiger partial charge in [0.25, 0.3) is 6.43 Å². The number of nitrogens with one attached hydrogen (secondary N) is 1. The molecule has 1 unspecified atom stereocenters. The fraction of sp³-hybridized carbons (Fsp3) is 0.889. The SMILES string of the molecule is CCCC1NCCN(CC(F)F)C1=O. The summed E-state index contributed by atoms with van der Waals surface area (Å²) in [6, 6.07) is -0.257. The smallest absolute Gasteiger partial charge is 0.255 e. The Bertz CT molecular complexity index is 197. The molecule has 0 aromatic rings. The molecule has 0 aromatic heterocycles. The second-order valence-corrected chi connectivity index (χ2v) is 3.47. The summed E-state index contributed by atoms with van der Waals surface area (Å²) >= 11 is 0. The molecule has 1 rings (SSSR count). The summed E-state index contributed by atoms with van der Waals surface area (Å²) in [4.78, 5) is 12.8. The van der Waals surface area contributed by atoms with Crippen LogP contribution in [0.5, 0.6) is 0 Å². The van der Waals surface area contributed by atoms with Crippen LogP contribution in [0.15, 0.2) is 0 Å². The zero-order valence-corrected chi connectivity index (χ0v) is 8.30. The number of rotatable bonds is 4. The van der Waals surface area contributed by atoms with Crippen molar-refractivity contribution in [3.8, 4) is 0 Å². The normalized spacial score (nSPS) is 23.3. The topological polar surface area (TPSA) is 32.3 Å². The zero-order chi connectivity index (χ0) is 10.6. The van der Waals surface area contributed by atoms with E-state index in [1.807, 2.05) is 6.92 Å². The first-order valence-electron chi connectivity index (χ1n) is 4.95. The molecule has 0 spiro atoms. The van der Waals surface area contributed by atoms with Crippen molar-refractivity contribution >= 4 is 5.91 Å². The number of piperazine rings is 1. The molecule has 0 aromatic carbocycles. The third kappa shape index (κ3) is 2.90. The molecule has 1 amide bonds. The third-order valence-corrected chi connectivity index (χ3v) is 2.32. The van der Waals surface area contributed by atoms with Crippen LogP contribution in [0.1, 0.15) is 19.8 Å². The van der Waals surface area contributed by atoms with Crippen molar-refractivity contribution in [3.05, 3.63) is 0 Å². The Morgan fingerprint density at radius 1 is 1.64 bits per heavy atom. The molecule has 0 radical (unpaired) electrons. The summed E-state index contributed by atoms with van der Waals surface area (Å²) in [5, 5.41) is 3.04. The highest BCUT2D eigenvalue weighted by molar-refractivity contribution is 5.82. The lowest BCUT2D eigenvalue weighted by Gasteiger charge is -2.32. The van der Waals surface area contributed by atoms with Gasteiger partial charge in [-0.25, -0.2) is 8.78 Å². The van der Waals surface area contributed by atoms with E-state index >= 15 is 0 Å². The molecule has 1 fully saturated rings. The van der Waals surface area contributed by atoms with E-state index in [9.17, 15) is 13.6 Å². The maximum absolute atomic E-state index is 12.1. The Morgan fingerprint density at radius 2 is 2.36 bits per heavy atom. The van der Waals surface area contributed by atoms with Gasteiger partial charge in [0.15, 0.2) is 0 Å². The van der Waals surface area contributed by atoms with Crippen LogP contribution in [-0.2, 0) is 4.79 Å². The number of hydrogen-bond acceptors (Lipinski definition) is 2. The van der Waals surface area contributed by atoms with Crippen LogP contribution < -0.4 is 5.32 Å². The average Bonchev–Trinajstić information content (AvgIpc) is 2.11. The minimum Gasteiger partial charge on any atom is -0.334 e. The molecule has 1 N–H and O–H groups in total. The molecule has 0 saturated carbocycles.